The van der Waals surface area contributed by atoms with Crippen LogP contribution in [-0.2, 0) is 9.59 Å². The van der Waals surface area contributed by atoms with Gasteiger partial charge >= 0.3 is 0 Å². The van der Waals surface area contributed by atoms with Crippen molar-refractivity contribution in [1.29, 1.82) is 0 Å². The maximum atomic E-state index is 12.6. The van der Waals surface area contributed by atoms with Crippen LogP contribution in [0.5, 0.6) is 0 Å². The number of hydrogen-bond donors (Lipinski definition) is 1. The van der Waals surface area contributed by atoms with Gasteiger partial charge in [-0.3, -0.25) is 9.59 Å². The van der Waals surface area contributed by atoms with Crippen molar-refractivity contribution in [1.82, 2.24) is 0 Å². The van der Waals surface area contributed by atoms with E-state index in [1.807, 2.05) is 0 Å². The standard InChI is InChI=1S/C16H10Cl4N2O2/c17-8-4-5-13(10(19)6-8)22-14(23)7-12(16(22)24)21-11-3-1-2-9(18)15(11)20/h1-6,12,21H,7H2/t12-/m0/s1. The lowest BCUT2D eigenvalue weighted by molar-refractivity contribution is -0.121. The smallest absolute Gasteiger partial charge is 0.256 e. The molecule has 0 unspecified atom stereocenters. The Kier molecular flexibility index (Phi) is 4.92. The molecule has 1 aliphatic rings. The average molecular weight is 404 g/mol. The second-order valence-electron chi connectivity index (χ2n) is 5.17. The van der Waals surface area contributed by atoms with Crippen molar-refractivity contribution in [2.45, 2.75) is 12.5 Å². The number of carbonyl (C=O) groups excluding carboxylic acids is 2. The first kappa shape index (κ1) is 17.4. The second kappa shape index (κ2) is 6.81. The number of halogens is 4. The minimum Gasteiger partial charge on any atom is -0.372 e. The summed E-state index contributed by atoms with van der Waals surface area (Å²) in [7, 11) is 0. The van der Waals surface area contributed by atoms with Crippen LogP contribution in [0.15, 0.2) is 36.4 Å². The lowest BCUT2D eigenvalue weighted by Crippen LogP contribution is -2.35. The van der Waals surface area contributed by atoms with E-state index in [-0.39, 0.29) is 17.4 Å². The van der Waals surface area contributed by atoms with Gasteiger partial charge in [0.2, 0.25) is 5.91 Å². The number of rotatable bonds is 3. The third-order valence-electron chi connectivity index (χ3n) is 3.58. The van der Waals surface area contributed by atoms with E-state index in [1.54, 1.807) is 24.3 Å². The molecule has 8 heteroatoms. The van der Waals surface area contributed by atoms with Crippen LogP contribution in [0.1, 0.15) is 6.42 Å². The Morgan fingerprint density at radius 3 is 2.46 bits per heavy atom. The lowest BCUT2D eigenvalue weighted by atomic mass is 10.2. The molecule has 2 aromatic carbocycles. The van der Waals surface area contributed by atoms with Crippen molar-refractivity contribution in [3.63, 3.8) is 0 Å². The summed E-state index contributed by atoms with van der Waals surface area (Å²) >= 11 is 24.0. The Bertz CT molecular complexity index is 841. The molecular weight excluding hydrogens is 394 g/mol. The molecule has 0 aromatic heterocycles. The second-order valence-corrected chi connectivity index (χ2v) is 6.79. The summed E-state index contributed by atoms with van der Waals surface area (Å²) in [5.74, 6) is -0.778. The summed E-state index contributed by atoms with van der Waals surface area (Å²) < 4.78 is 0. The maximum absolute atomic E-state index is 12.6. The molecule has 0 saturated carbocycles. The van der Waals surface area contributed by atoms with Gasteiger partial charge in [-0.2, -0.15) is 0 Å². The van der Waals surface area contributed by atoms with E-state index >= 15 is 0 Å². The van der Waals surface area contributed by atoms with E-state index in [0.717, 1.165) is 4.90 Å². The first-order valence-corrected chi connectivity index (χ1v) is 8.42. The molecule has 0 bridgehead atoms. The molecule has 2 aromatic rings. The molecule has 1 saturated heterocycles. The molecule has 4 nitrogen and oxygen atoms in total. The van der Waals surface area contributed by atoms with Crippen molar-refractivity contribution in [3.05, 3.63) is 56.5 Å². The molecule has 1 aliphatic heterocycles. The van der Waals surface area contributed by atoms with Gasteiger partial charge in [-0.05, 0) is 30.3 Å². The predicted octanol–water partition coefficient (Wildman–Crippen LogP) is 5.04. The highest BCUT2D eigenvalue weighted by atomic mass is 35.5. The molecule has 124 valence electrons. The average Bonchev–Trinajstić information content (AvgIpc) is 2.79. The summed E-state index contributed by atoms with van der Waals surface area (Å²) in [4.78, 5) is 26.0. The summed E-state index contributed by atoms with van der Waals surface area (Å²) in [6.07, 6.45) is -0.0133. The number of anilines is 2. The van der Waals surface area contributed by atoms with Gasteiger partial charge < -0.3 is 5.32 Å². The number of nitrogens with zero attached hydrogens (tertiary/aromatic N) is 1. The van der Waals surface area contributed by atoms with Crippen molar-refractivity contribution in [3.8, 4) is 0 Å². The SMILES string of the molecule is O=C1C[C@H](Nc2cccc(Cl)c2Cl)C(=O)N1c1ccc(Cl)cc1Cl. The largest absolute Gasteiger partial charge is 0.372 e. The van der Waals surface area contributed by atoms with Crippen LogP contribution in [0.25, 0.3) is 0 Å². The number of benzene rings is 2. The fraction of sp³-hybridized carbons (Fsp3) is 0.125. The Labute approximate surface area is 158 Å². The number of carbonyl (C=O) groups is 2. The van der Waals surface area contributed by atoms with Crippen molar-refractivity contribution >= 4 is 69.6 Å². The van der Waals surface area contributed by atoms with Gasteiger partial charge in [0.25, 0.3) is 5.91 Å². The third-order valence-corrected chi connectivity index (χ3v) is 4.94. The zero-order chi connectivity index (χ0) is 17.4. The van der Waals surface area contributed by atoms with Crippen LogP contribution >= 0.6 is 46.4 Å². The van der Waals surface area contributed by atoms with E-state index in [0.29, 0.717) is 26.4 Å². The molecular formula is C16H10Cl4N2O2. The van der Waals surface area contributed by atoms with Crippen LogP contribution in [0.4, 0.5) is 11.4 Å². The molecule has 0 radical (unpaired) electrons. The van der Waals surface area contributed by atoms with Gasteiger partial charge in [0.15, 0.2) is 0 Å². The molecule has 1 N–H and O–H groups in total. The van der Waals surface area contributed by atoms with E-state index in [4.69, 9.17) is 46.4 Å². The highest BCUT2D eigenvalue weighted by molar-refractivity contribution is 6.44. The quantitative estimate of drug-likeness (QED) is 0.730. The molecule has 1 heterocycles. The first-order valence-electron chi connectivity index (χ1n) is 6.91. The van der Waals surface area contributed by atoms with Gasteiger partial charge in [0.1, 0.15) is 6.04 Å². The van der Waals surface area contributed by atoms with Crippen LogP contribution in [0.3, 0.4) is 0 Å². The maximum Gasteiger partial charge on any atom is 0.256 e. The Morgan fingerprint density at radius 2 is 1.75 bits per heavy atom. The summed E-state index contributed by atoms with van der Waals surface area (Å²) in [5, 5.41) is 4.26. The Hall–Kier alpha value is -1.46. The molecule has 2 amide bonds. The van der Waals surface area contributed by atoms with Gasteiger partial charge in [-0.25, -0.2) is 4.90 Å². The molecule has 24 heavy (non-hydrogen) atoms. The number of amides is 2. The Morgan fingerprint density at radius 1 is 1.00 bits per heavy atom. The topological polar surface area (TPSA) is 49.4 Å². The van der Waals surface area contributed by atoms with Gasteiger partial charge in [-0.1, -0.05) is 52.5 Å². The first-order chi connectivity index (χ1) is 11.4. The van der Waals surface area contributed by atoms with Gasteiger partial charge in [0, 0.05) is 5.02 Å². The van der Waals surface area contributed by atoms with Crippen molar-refractivity contribution < 1.29 is 9.59 Å². The number of hydrogen-bond acceptors (Lipinski definition) is 3. The minimum atomic E-state index is -0.750. The molecule has 0 aliphatic carbocycles. The monoisotopic (exact) mass is 402 g/mol. The normalized spacial score (nSPS) is 17.5. The number of nitrogens with one attached hydrogen (secondary N) is 1. The van der Waals surface area contributed by atoms with Crippen LogP contribution in [-0.4, -0.2) is 17.9 Å². The van der Waals surface area contributed by atoms with Gasteiger partial charge in [-0.15, -0.1) is 0 Å². The van der Waals surface area contributed by atoms with Crippen LogP contribution in [0, 0.1) is 0 Å². The van der Waals surface area contributed by atoms with Crippen molar-refractivity contribution in [2.75, 3.05) is 10.2 Å². The Balaban J connectivity index is 1.88. The summed E-state index contributed by atoms with van der Waals surface area (Å²) in [6.45, 7) is 0. The van der Waals surface area contributed by atoms with E-state index < -0.39 is 11.9 Å². The van der Waals surface area contributed by atoms with E-state index in [9.17, 15) is 9.59 Å². The fourth-order valence-corrected chi connectivity index (χ4v) is 3.31. The highest BCUT2D eigenvalue weighted by Crippen LogP contribution is 2.35. The summed E-state index contributed by atoms with van der Waals surface area (Å²) in [6, 6.07) is 8.85. The van der Waals surface area contributed by atoms with Crippen molar-refractivity contribution in [2.24, 2.45) is 0 Å². The zero-order valence-electron chi connectivity index (χ0n) is 12.0. The third kappa shape index (κ3) is 3.20. The molecule has 3 rings (SSSR count). The molecule has 1 fully saturated rings. The zero-order valence-corrected chi connectivity index (χ0v) is 15.0. The summed E-state index contributed by atoms with van der Waals surface area (Å²) in [5.41, 5.74) is 0.789. The van der Waals surface area contributed by atoms with E-state index in [2.05, 4.69) is 5.32 Å². The molecule has 1 atom stereocenters. The number of imide groups is 1. The van der Waals surface area contributed by atoms with Crippen LogP contribution < -0.4 is 10.2 Å². The highest BCUT2D eigenvalue weighted by Gasteiger charge is 2.40. The van der Waals surface area contributed by atoms with Gasteiger partial charge in [0.05, 0.1) is 32.9 Å². The van der Waals surface area contributed by atoms with E-state index in [1.165, 1.54) is 12.1 Å². The van der Waals surface area contributed by atoms with Crippen LogP contribution in [0.2, 0.25) is 20.1 Å². The molecule has 0 spiro atoms. The minimum absolute atomic E-state index is 0.0133. The predicted molar refractivity (Wildman–Crippen MR) is 97.4 cm³/mol. The lowest BCUT2D eigenvalue weighted by Gasteiger charge is -2.18. The fourth-order valence-electron chi connectivity index (χ4n) is 2.46.